The molecule has 17 heavy (non-hydrogen) atoms. The van der Waals surface area contributed by atoms with Gasteiger partial charge in [0.15, 0.2) is 0 Å². The zero-order valence-electron chi connectivity index (χ0n) is 9.27. The standard InChI is InChI=1S/C11H13BrF3NO/c1-8-2-3-9(6-10(8)12)16-4-5-17-7-11(13,14)15/h2-3,6,16H,4-5,7H2,1H3. The molecule has 0 heterocycles. The molecule has 0 unspecified atom stereocenters. The maximum Gasteiger partial charge on any atom is 0.411 e. The molecule has 1 aromatic rings. The summed E-state index contributed by atoms with van der Waals surface area (Å²) in [7, 11) is 0. The Morgan fingerprint density at radius 3 is 2.65 bits per heavy atom. The SMILES string of the molecule is Cc1ccc(NCCOCC(F)(F)F)cc1Br. The molecule has 0 aliphatic carbocycles. The highest BCUT2D eigenvalue weighted by Gasteiger charge is 2.27. The fraction of sp³-hybridized carbons (Fsp3) is 0.455. The van der Waals surface area contributed by atoms with E-state index < -0.39 is 12.8 Å². The quantitative estimate of drug-likeness (QED) is 0.836. The second-order valence-electron chi connectivity index (χ2n) is 3.56. The number of benzene rings is 1. The first-order valence-electron chi connectivity index (χ1n) is 5.03. The molecule has 1 rings (SSSR count). The molecule has 1 N–H and O–H groups in total. The fourth-order valence-corrected chi connectivity index (χ4v) is 1.54. The lowest BCUT2D eigenvalue weighted by atomic mass is 10.2. The van der Waals surface area contributed by atoms with E-state index in [0.29, 0.717) is 6.54 Å². The molecule has 2 nitrogen and oxygen atoms in total. The average molecular weight is 312 g/mol. The van der Waals surface area contributed by atoms with E-state index in [1.165, 1.54) is 0 Å². The van der Waals surface area contributed by atoms with Gasteiger partial charge in [-0.2, -0.15) is 13.2 Å². The number of anilines is 1. The Morgan fingerprint density at radius 1 is 1.35 bits per heavy atom. The smallest absolute Gasteiger partial charge is 0.383 e. The molecular formula is C11H13BrF3NO. The summed E-state index contributed by atoms with van der Waals surface area (Å²) in [5, 5.41) is 2.98. The first-order chi connectivity index (χ1) is 7.88. The van der Waals surface area contributed by atoms with Gasteiger partial charge in [0.1, 0.15) is 6.61 Å². The van der Waals surface area contributed by atoms with Crippen molar-refractivity contribution < 1.29 is 17.9 Å². The maximum absolute atomic E-state index is 11.8. The third kappa shape index (κ3) is 5.93. The molecule has 0 aliphatic rings. The van der Waals surface area contributed by atoms with Crippen LogP contribution in [0.2, 0.25) is 0 Å². The Labute approximate surface area is 106 Å². The van der Waals surface area contributed by atoms with Crippen LogP contribution >= 0.6 is 15.9 Å². The molecule has 0 aromatic heterocycles. The third-order valence-corrected chi connectivity index (χ3v) is 2.87. The van der Waals surface area contributed by atoms with Gasteiger partial charge in [-0.3, -0.25) is 0 Å². The first kappa shape index (κ1) is 14.3. The van der Waals surface area contributed by atoms with E-state index in [2.05, 4.69) is 26.0 Å². The number of aryl methyl sites for hydroxylation is 1. The van der Waals surface area contributed by atoms with Crippen LogP contribution in [0.25, 0.3) is 0 Å². The van der Waals surface area contributed by atoms with Crippen LogP contribution < -0.4 is 5.32 Å². The van der Waals surface area contributed by atoms with E-state index in [1.54, 1.807) is 0 Å². The number of rotatable bonds is 5. The zero-order valence-corrected chi connectivity index (χ0v) is 10.9. The largest absolute Gasteiger partial charge is 0.411 e. The predicted molar refractivity (Wildman–Crippen MR) is 64.2 cm³/mol. The van der Waals surface area contributed by atoms with Gasteiger partial charge < -0.3 is 10.1 Å². The van der Waals surface area contributed by atoms with E-state index in [1.807, 2.05) is 25.1 Å². The molecule has 0 aliphatic heterocycles. The molecule has 0 radical (unpaired) electrons. The second-order valence-corrected chi connectivity index (χ2v) is 4.41. The Balaban J connectivity index is 2.25. The van der Waals surface area contributed by atoms with Gasteiger partial charge in [0.2, 0.25) is 0 Å². The number of hydrogen-bond donors (Lipinski definition) is 1. The van der Waals surface area contributed by atoms with Gasteiger partial charge in [0, 0.05) is 16.7 Å². The van der Waals surface area contributed by atoms with Crippen molar-refractivity contribution in [2.75, 3.05) is 25.1 Å². The second kappa shape index (κ2) is 6.26. The molecule has 1 aromatic carbocycles. The number of halogens is 4. The number of alkyl halides is 3. The molecular weight excluding hydrogens is 299 g/mol. The summed E-state index contributed by atoms with van der Waals surface area (Å²) < 4.78 is 40.7. The fourth-order valence-electron chi connectivity index (χ4n) is 1.16. The predicted octanol–water partition coefficient (Wildman–Crippen LogP) is 3.75. The van der Waals surface area contributed by atoms with Crippen molar-refractivity contribution in [3.8, 4) is 0 Å². The van der Waals surface area contributed by atoms with Crippen molar-refractivity contribution in [2.45, 2.75) is 13.1 Å². The lowest BCUT2D eigenvalue weighted by Crippen LogP contribution is -2.20. The highest BCUT2D eigenvalue weighted by atomic mass is 79.9. The summed E-state index contributed by atoms with van der Waals surface area (Å²) >= 11 is 3.37. The molecule has 0 saturated carbocycles. The van der Waals surface area contributed by atoms with Crippen molar-refractivity contribution >= 4 is 21.6 Å². The van der Waals surface area contributed by atoms with E-state index in [9.17, 15) is 13.2 Å². The summed E-state index contributed by atoms with van der Waals surface area (Å²) in [4.78, 5) is 0. The third-order valence-electron chi connectivity index (χ3n) is 2.01. The zero-order chi connectivity index (χ0) is 12.9. The topological polar surface area (TPSA) is 21.3 Å². The number of hydrogen-bond acceptors (Lipinski definition) is 2. The van der Waals surface area contributed by atoms with Gasteiger partial charge in [0.25, 0.3) is 0 Å². The van der Waals surface area contributed by atoms with Crippen LogP contribution in [0.1, 0.15) is 5.56 Å². The molecule has 6 heteroatoms. The van der Waals surface area contributed by atoms with Crippen LogP contribution in [-0.2, 0) is 4.74 Å². The summed E-state index contributed by atoms with van der Waals surface area (Å²) in [6.07, 6.45) is -4.26. The van der Waals surface area contributed by atoms with E-state index in [4.69, 9.17) is 0 Å². The Kier molecular flexibility index (Phi) is 5.27. The van der Waals surface area contributed by atoms with Crippen molar-refractivity contribution in [1.82, 2.24) is 0 Å². The molecule has 0 bridgehead atoms. The van der Waals surface area contributed by atoms with Crippen LogP contribution in [0, 0.1) is 6.92 Å². The maximum atomic E-state index is 11.8. The van der Waals surface area contributed by atoms with Crippen LogP contribution in [0.3, 0.4) is 0 Å². The highest BCUT2D eigenvalue weighted by Crippen LogP contribution is 2.20. The highest BCUT2D eigenvalue weighted by molar-refractivity contribution is 9.10. The van der Waals surface area contributed by atoms with Gasteiger partial charge in [0.05, 0.1) is 6.61 Å². The lowest BCUT2D eigenvalue weighted by Gasteiger charge is -2.10. The molecule has 0 saturated heterocycles. The summed E-state index contributed by atoms with van der Waals surface area (Å²) in [5.74, 6) is 0. The van der Waals surface area contributed by atoms with Gasteiger partial charge in [-0.25, -0.2) is 0 Å². The van der Waals surface area contributed by atoms with Crippen LogP contribution in [0.15, 0.2) is 22.7 Å². The van der Waals surface area contributed by atoms with Gasteiger partial charge >= 0.3 is 6.18 Å². The molecule has 96 valence electrons. The average Bonchev–Trinajstić information content (AvgIpc) is 2.21. The molecule has 0 fully saturated rings. The van der Waals surface area contributed by atoms with Crippen LogP contribution in [0.5, 0.6) is 0 Å². The minimum Gasteiger partial charge on any atom is -0.383 e. The minimum absolute atomic E-state index is 0.0189. The molecule has 0 spiro atoms. The Bertz CT molecular complexity index is 368. The van der Waals surface area contributed by atoms with E-state index >= 15 is 0 Å². The van der Waals surface area contributed by atoms with Crippen LogP contribution in [0.4, 0.5) is 18.9 Å². The van der Waals surface area contributed by atoms with Crippen LogP contribution in [-0.4, -0.2) is 25.9 Å². The van der Waals surface area contributed by atoms with Crippen molar-refractivity contribution in [2.24, 2.45) is 0 Å². The Hall–Kier alpha value is -0.750. The Morgan fingerprint density at radius 2 is 2.06 bits per heavy atom. The van der Waals surface area contributed by atoms with Gasteiger partial charge in [-0.1, -0.05) is 22.0 Å². The minimum atomic E-state index is -4.26. The normalized spacial score (nSPS) is 11.6. The van der Waals surface area contributed by atoms with Crippen molar-refractivity contribution in [1.29, 1.82) is 0 Å². The summed E-state index contributed by atoms with van der Waals surface area (Å²) in [6, 6.07) is 5.66. The summed E-state index contributed by atoms with van der Waals surface area (Å²) in [6.45, 7) is 1.11. The van der Waals surface area contributed by atoms with Crippen molar-refractivity contribution in [3.05, 3.63) is 28.2 Å². The van der Waals surface area contributed by atoms with E-state index in [0.717, 1.165) is 15.7 Å². The summed E-state index contributed by atoms with van der Waals surface area (Å²) in [5.41, 5.74) is 1.95. The van der Waals surface area contributed by atoms with Crippen molar-refractivity contribution in [3.63, 3.8) is 0 Å². The lowest BCUT2D eigenvalue weighted by molar-refractivity contribution is -0.172. The first-order valence-corrected chi connectivity index (χ1v) is 5.82. The molecule has 0 atom stereocenters. The molecule has 0 amide bonds. The monoisotopic (exact) mass is 311 g/mol. The number of ether oxygens (including phenoxy) is 1. The van der Waals surface area contributed by atoms with E-state index in [-0.39, 0.29) is 6.61 Å². The van der Waals surface area contributed by atoms with Gasteiger partial charge in [-0.15, -0.1) is 0 Å². The van der Waals surface area contributed by atoms with Gasteiger partial charge in [-0.05, 0) is 24.6 Å². The number of nitrogens with one attached hydrogen (secondary N) is 1.